The number of aliphatic imine (C=N–C) groups is 1. The Balaban J connectivity index is 1.86. The third-order valence-electron chi connectivity index (χ3n) is 4.02. The van der Waals surface area contributed by atoms with Gasteiger partial charge in [0, 0.05) is 18.5 Å². The zero-order chi connectivity index (χ0) is 18.8. The predicted molar refractivity (Wildman–Crippen MR) is 104 cm³/mol. The Kier molecular flexibility index (Phi) is 7.26. The quantitative estimate of drug-likeness (QED) is 0.501. The molecule has 0 spiro atoms. The minimum absolute atomic E-state index is 0.0566. The van der Waals surface area contributed by atoms with Crippen LogP contribution in [0.3, 0.4) is 0 Å². The molecule has 2 aromatic rings. The van der Waals surface area contributed by atoms with Crippen molar-refractivity contribution in [3.63, 3.8) is 0 Å². The van der Waals surface area contributed by atoms with Crippen LogP contribution < -0.4 is 16.0 Å². The highest BCUT2D eigenvalue weighted by Crippen LogP contribution is 2.21. The fraction of sp³-hybridized carbons (Fsp3) is 0.400. The van der Waals surface area contributed by atoms with E-state index in [2.05, 4.69) is 46.9 Å². The monoisotopic (exact) mass is 356 g/mol. The molecule has 0 saturated carbocycles. The van der Waals surface area contributed by atoms with Gasteiger partial charge < -0.3 is 20.4 Å². The molecule has 0 fully saturated rings. The number of hydrogen-bond acceptors (Lipinski definition) is 3. The maximum atomic E-state index is 12.0. The molecule has 0 aliphatic carbocycles. The van der Waals surface area contributed by atoms with E-state index in [1.54, 1.807) is 12.3 Å². The van der Waals surface area contributed by atoms with E-state index in [0.29, 0.717) is 19.0 Å². The highest BCUT2D eigenvalue weighted by atomic mass is 16.3. The van der Waals surface area contributed by atoms with Gasteiger partial charge in [0.05, 0.1) is 12.8 Å². The molecule has 3 N–H and O–H groups in total. The van der Waals surface area contributed by atoms with Gasteiger partial charge in [0.25, 0.3) is 0 Å². The summed E-state index contributed by atoms with van der Waals surface area (Å²) in [5, 5.41) is 9.28. The van der Waals surface area contributed by atoms with E-state index < -0.39 is 0 Å². The molecule has 0 saturated heterocycles. The number of benzene rings is 1. The first-order valence-corrected chi connectivity index (χ1v) is 8.88. The standard InChI is InChI=1S/C20H28N4O2/c1-4-21-19(23-14-18(25)22-13-17-11-8-12-26-17)24-15-20(2,3)16-9-6-5-7-10-16/h5-12H,4,13-15H2,1-3H3,(H,22,25)(H2,21,23,24). The molecule has 0 radical (unpaired) electrons. The number of carbonyl (C=O) groups is 1. The van der Waals surface area contributed by atoms with Gasteiger partial charge in [-0.25, -0.2) is 4.99 Å². The van der Waals surface area contributed by atoms with Crippen LogP contribution in [-0.4, -0.2) is 31.5 Å². The molecule has 140 valence electrons. The van der Waals surface area contributed by atoms with Crippen LogP contribution in [0, 0.1) is 0 Å². The topological polar surface area (TPSA) is 78.7 Å². The molecule has 0 unspecified atom stereocenters. The van der Waals surface area contributed by atoms with Gasteiger partial charge in [-0.3, -0.25) is 4.79 Å². The minimum atomic E-state index is -0.152. The van der Waals surface area contributed by atoms with E-state index in [0.717, 1.165) is 12.3 Å². The number of nitrogens with zero attached hydrogens (tertiary/aromatic N) is 1. The summed E-state index contributed by atoms with van der Waals surface area (Å²) in [5.74, 6) is 1.20. The van der Waals surface area contributed by atoms with Crippen LogP contribution in [0.2, 0.25) is 0 Å². The van der Waals surface area contributed by atoms with Gasteiger partial charge in [-0.2, -0.15) is 0 Å². The predicted octanol–water partition coefficient (Wildman–Crippen LogP) is 2.43. The molecular weight excluding hydrogens is 328 g/mol. The second kappa shape index (κ2) is 9.65. The fourth-order valence-electron chi connectivity index (χ4n) is 2.44. The van der Waals surface area contributed by atoms with E-state index in [-0.39, 0.29) is 17.9 Å². The molecule has 0 aliphatic heterocycles. The SMILES string of the molecule is CCNC(=NCC(=O)NCc1ccco1)NCC(C)(C)c1ccccc1. The highest BCUT2D eigenvalue weighted by Gasteiger charge is 2.20. The van der Waals surface area contributed by atoms with E-state index in [1.165, 1.54) is 5.56 Å². The van der Waals surface area contributed by atoms with Crippen LogP contribution in [0.15, 0.2) is 58.1 Å². The van der Waals surface area contributed by atoms with Gasteiger partial charge in [-0.15, -0.1) is 0 Å². The van der Waals surface area contributed by atoms with Crippen molar-refractivity contribution in [1.82, 2.24) is 16.0 Å². The van der Waals surface area contributed by atoms with E-state index in [1.807, 2.05) is 31.2 Å². The van der Waals surface area contributed by atoms with Gasteiger partial charge in [-0.1, -0.05) is 44.2 Å². The molecule has 1 heterocycles. The molecule has 0 atom stereocenters. The van der Waals surface area contributed by atoms with Crippen molar-refractivity contribution in [1.29, 1.82) is 0 Å². The van der Waals surface area contributed by atoms with Gasteiger partial charge in [-0.05, 0) is 24.6 Å². The molecular formula is C20H28N4O2. The largest absolute Gasteiger partial charge is 0.467 e. The number of furan rings is 1. The first-order valence-electron chi connectivity index (χ1n) is 8.88. The summed E-state index contributed by atoms with van der Waals surface area (Å²) in [5.41, 5.74) is 1.19. The Labute approximate surface area is 155 Å². The first kappa shape index (κ1) is 19.6. The number of carbonyl (C=O) groups excluding carboxylic acids is 1. The third-order valence-corrected chi connectivity index (χ3v) is 4.02. The summed E-state index contributed by atoms with van der Waals surface area (Å²) in [6.07, 6.45) is 1.58. The van der Waals surface area contributed by atoms with Crippen molar-refractivity contribution in [2.24, 2.45) is 4.99 Å². The summed E-state index contributed by atoms with van der Waals surface area (Å²) >= 11 is 0. The lowest BCUT2D eigenvalue weighted by atomic mass is 9.85. The lowest BCUT2D eigenvalue weighted by molar-refractivity contribution is -0.119. The van der Waals surface area contributed by atoms with Crippen LogP contribution >= 0.6 is 0 Å². The van der Waals surface area contributed by atoms with Crippen molar-refractivity contribution in [2.75, 3.05) is 19.6 Å². The Morgan fingerprint density at radius 2 is 1.85 bits per heavy atom. The van der Waals surface area contributed by atoms with E-state index in [4.69, 9.17) is 4.42 Å². The number of hydrogen-bond donors (Lipinski definition) is 3. The van der Waals surface area contributed by atoms with Crippen molar-refractivity contribution in [2.45, 2.75) is 32.7 Å². The van der Waals surface area contributed by atoms with Crippen molar-refractivity contribution >= 4 is 11.9 Å². The Hall–Kier alpha value is -2.76. The van der Waals surface area contributed by atoms with Crippen LogP contribution in [0.25, 0.3) is 0 Å². The Morgan fingerprint density at radius 1 is 1.08 bits per heavy atom. The maximum absolute atomic E-state index is 12.0. The zero-order valence-electron chi connectivity index (χ0n) is 15.7. The number of nitrogens with one attached hydrogen (secondary N) is 3. The summed E-state index contributed by atoms with van der Waals surface area (Å²) in [4.78, 5) is 16.3. The van der Waals surface area contributed by atoms with Gasteiger partial charge in [0.2, 0.25) is 5.91 Å². The van der Waals surface area contributed by atoms with Crippen molar-refractivity contribution in [3.05, 3.63) is 60.1 Å². The van der Waals surface area contributed by atoms with Crippen LogP contribution in [0.5, 0.6) is 0 Å². The third kappa shape index (κ3) is 6.27. The molecule has 2 rings (SSSR count). The van der Waals surface area contributed by atoms with Gasteiger partial charge in [0.15, 0.2) is 5.96 Å². The number of guanidine groups is 1. The van der Waals surface area contributed by atoms with E-state index >= 15 is 0 Å². The summed E-state index contributed by atoms with van der Waals surface area (Å²) in [7, 11) is 0. The number of rotatable bonds is 8. The summed E-state index contributed by atoms with van der Waals surface area (Å²) in [6, 6.07) is 13.9. The molecule has 0 bridgehead atoms. The minimum Gasteiger partial charge on any atom is -0.467 e. The smallest absolute Gasteiger partial charge is 0.242 e. The first-order chi connectivity index (χ1) is 12.5. The molecule has 6 heteroatoms. The molecule has 0 aliphatic rings. The fourth-order valence-corrected chi connectivity index (χ4v) is 2.44. The second-order valence-electron chi connectivity index (χ2n) is 6.65. The van der Waals surface area contributed by atoms with Crippen LogP contribution in [-0.2, 0) is 16.8 Å². The maximum Gasteiger partial charge on any atom is 0.242 e. The average Bonchev–Trinajstić information content (AvgIpc) is 3.16. The number of amides is 1. The normalized spacial score (nSPS) is 11.9. The lowest BCUT2D eigenvalue weighted by Crippen LogP contribution is -2.44. The summed E-state index contributed by atoms with van der Waals surface area (Å²) in [6.45, 7) is 8.21. The molecule has 1 amide bonds. The van der Waals surface area contributed by atoms with Crippen molar-refractivity contribution < 1.29 is 9.21 Å². The Bertz CT molecular complexity index is 694. The zero-order valence-corrected chi connectivity index (χ0v) is 15.7. The molecule has 1 aromatic heterocycles. The van der Waals surface area contributed by atoms with Gasteiger partial charge >= 0.3 is 0 Å². The average molecular weight is 356 g/mol. The van der Waals surface area contributed by atoms with Crippen LogP contribution in [0.1, 0.15) is 32.1 Å². The lowest BCUT2D eigenvalue weighted by Gasteiger charge is -2.26. The highest BCUT2D eigenvalue weighted by molar-refractivity contribution is 5.84. The summed E-state index contributed by atoms with van der Waals surface area (Å²) < 4.78 is 5.19. The molecule has 26 heavy (non-hydrogen) atoms. The molecule has 6 nitrogen and oxygen atoms in total. The second-order valence-corrected chi connectivity index (χ2v) is 6.65. The Morgan fingerprint density at radius 3 is 2.50 bits per heavy atom. The van der Waals surface area contributed by atoms with E-state index in [9.17, 15) is 4.79 Å². The van der Waals surface area contributed by atoms with Crippen molar-refractivity contribution in [3.8, 4) is 0 Å². The van der Waals surface area contributed by atoms with Gasteiger partial charge in [0.1, 0.15) is 12.3 Å². The molecule has 1 aromatic carbocycles. The van der Waals surface area contributed by atoms with Crippen LogP contribution in [0.4, 0.5) is 0 Å².